The van der Waals surface area contributed by atoms with Crippen LogP contribution in [-0.4, -0.2) is 47.8 Å². The quantitative estimate of drug-likeness (QED) is 0.842. The predicted molar refractivity (Wildman–Crippen MR) is 103 cm³/mol. The van der Waals surface area contributed by atoms with Gasteiger partial charge in [-0.25, -0.2) is 0 Å². The van der Waals surface area contributed by atoms with E-state index in [1.165, 1.54) is 5.56 Å². The molecular weight excluding hydrogens is 326 g/mol. The van der Waals surface area contributed by atoms with Crippen molar-refractivity contribution in [1.82, 2.24) is 9.80 Å². The van der Waals surface area contributed by atoms with Crippen LogP contribution in [0.3, 0.4) is 0 Å². The van der Waals surface area contributed by atoms with Gasteiger partial charge in [-0.2, -0.15) is 0 Å². The summed E-state index contributed by atoms with van der Waals surface area (Å²) in [6, 6.07) is 17.2. The number of carbonyl (C=O) groups is 2. The van der Waals surface area contributed by atoms with Crippen LogP contribution in [0.25, 0.3) is 0 Å². The molecule has 2 N–H and O–H groups in total. The predicted octanol–water partition coefficient (Wildman–Crippen LogP) is 2.58. The van der Waals surface area contributed by atoms with E-state index in [4.69, 9.17) is 5.73 Å². The second-order valence-corrected chi connectivity index (χ2v) is 6.64. The molecule has 5 heteroatoms. The molecule has 0 aliphatic carbocycles. The minimum absolute atomic E-state index is 0.0199. The highest BCUT2D eigenvalue weighted by Gasteiger charge is 2.24. The number of nitrogens with two attached hydrogens (primary N) is 1. The van der Waals surface area contributed by atoms with Gasteiger partial charge in [0.05, 0.1) is 0 Å². The summed E-state index contributed by atoms with van der Waals surface area (Å²) in [5.41, 5.74) is 8.20. The van der Waals surface area contributed by atoms with E-state index in [0.29, 0.717) is 43.9 Å². The highest BCUT2D eigenvalue weighted by atomic mass is 16.2. The van der Waals surface area contributed by atoms with Crippen molar-refractivity contribution in [2.45, 2.75) is 19.3 Å². The lowest BCUT2D eigenvalue weighted by molar-refractivity contribution is -0.132. The number of anilines is 1. The molecule has 0 saturated carbocycles. The van der Waals surface area contributed by atoms with Crippen LogP contribution < -0.4 is 5.73 Å². The maximum atomic E-state index is 12.5. The van der Waals surface area contributed by atoms with Gasteiger partial charge in [0, 0.05) is 43.9 Å². The number of benzene rings is 2. The summed E-state index contributed by atoms with van der Waals surface area (Å²) >= 11 is 0. The Morgan fingerprint density at radius 3 is 2.27 bits per heavy atom. The molecule has 0 unspecified atom stereocenters. The summed E-state index contributed by atoms with van der Waals surface area (Å²) in [4.78, 5) is 28.6. The van der Waals surface area contributed by atoms with E-state index < -0.39 is 0 Å². The van der Waals surface area contributed by atoms with E-state index in [2.05, 4.69) is 12.1 Å². The van der Waals surface area contributed by atoms with Gasteiger partial charge >= 0.3 is 0 Å². The second kappa shape index (κ2) is 8.52. The molecule has 1 aliphatic heterocycles. The van der Waals surface area contributed by atoms with E-state index in [-0.39, 0.29) is 11.8 Å². The van der Waals surface area contributed by atoms with Crippen molar-refractivity contribution in [2.75, 3.05) is 31.9 Å². The first-order chi connectivity index (χ1) is 12.6. The van der Waals surface area contributed by atoms with Crippen LogP contribution in [-0.2, 0) is 11.2 Å². The molecule has 136 valence electrons. The average molecular weight is 351 g/mol. The minimum Gasteiger partial charge on any atom is -0.399 e. The Morgan fingerprint density at radius 1 is 0.885 bits per heavy atom. The molecule has 1 saturated heterocycles. The standard InChI is InChI=1S/C21H25N3O2/c22-19-10-5-9-18(16-19)21(26)24-14-12-23(13-15-24)20(25)11-4-8-17-6-2-1-3-7-17/h1-3,5-7,9-10,16H,4,8,11-15,22H2. The highest BCUT2D eigenvalue weighted by molar-refractivity contribution is 5.95. The minimum atomic E-state index is -0.0199. The number of nitrogens with zero attached hydrogens (tertiary/aromatic N) is 2. The molecule has 0 radical (unpaired) electrons. The lowest BCUT2D eigenvalue weighted by Crippen LogP contribution is -2.50. The summed E-state index contributed by atoms with van der Waals surface area (Å²) in [7, 11) is 0. The Bertz CT molecular complexity index is 753. The molecular formula is C21H25N3O2. The number of carbonyl (C=O) groups excluding carboxylic acids is 2. The monoisotopic (exact) mass is 351 g/mol. The lowest BCUT2D eigenvalue weighted by atomic mass is 10.1. The van der Waals surface area contributed by atoms with Gasteiger partial charge in [0.2, 0.25) is 5.91 Å². The van der Waals surface area contributed by atoms with Crippen molar-refractivity contribution >= 4 is 17.5 Å². The molecule has 2 aromatic rings. The van der Waals surface area contributed by atoms with E-state index in [1.54, 1.807) is 29.2 Å². The van der Waals surface area contributed by atoms with Crippen molar-refractivity contribution in [2.24, 2.45) is 0 Å². The molecule has 3 rings (SSSR count). The number of aryl methyl sites for hydroxylation is 1. The molecule has 1 fully saturated rings. The van der Waals surface area contributed by atoms with E-state index in [9.17, 15) is 9.59 Å². The van der Waals surface area contributed by atoms with Crippen molar-refractivity contribution in [3.05, 3.63) is 65.7 Å². The molecule has 5 nitrogen and oxygen atoms in total. The van der Waals surface area contributed by atoms with Crippen molar-refractivity contribution < 1.29 is 9.59 Å². The summed E-state index contributed by atoms with van der Waals surface area (Å²) in [6.07, 6.45) is 2.32. The average Bonchev–Trinajstić information content (AvgIpc) is 2.68. The highest BCUT2D eigenvalue weighted by Crippen LogP contribution is 2.13. The first-order valence-corrected chi connectivity index (χ1v) is 9.10. The molecule has 0 spiro atoms. The Morgan fingerprint density at radius 2 is 1.58 bits per heavy atom. The fourth-order valence-electron chi connectivity index (χ4n) is 3.26. The molecule has 0 bridgehead atoms. The maximum absolute atomic E-state index is 12.5. The van der Waals surface area contributed by atoms with Gasteiger partial charge in [0.15, 0.2) is 0 Å². The molecule has 2 amide bonds. The number of rotatable bonds is 5. The Labute approximate surface area is 154 Å². The van der Waals surface area contributed by atoms with Crippen LogP contribution in [0.15, 0.2) is 54.6 Å². The first-order valence-electron chi connectivity index (χ1n) is 9.10. The van der Waals surface area contributed by atoms with Crippen LogP contribution in [0.2, 0.25) is 0 Å². The fraction of sp³-hybridized carbons (Fsp3) is 0.333. The van der Waals surface area contributed by atoms with E-state index in [1.807, 2.05) is 23.1 Å². The summed E-state index contributed by atoms with van der Waals surface area (Å²) in [6.45, 7) is 2.33. The smallest absolute Gasteiger partial charge is 0.254 e. The summed E-state index contributed by atoms with van der Waals surface area (Å²) in [5, 5.41) is 0. The fourth-order valence-corrected chi connectivity index (χ4v) is 3.26. The van der Waals surface area contributed by atoms with Crippen LogP contribution in [0, 0.1) is 0 Å². The van der Waals surface area contributed by atoms with Gasteiger partial charge in [0.1, 0.15) is 0 Å². The zero-order valence-electron chi connectivity index (χ0n) is 14.9. The van der Waals surface area contributed by atoms with Crippen LogP contribution in [0.4, 0.5) is 5.69 Å². The number of nitrogen functional groups attached to an aromatic ring is 1. The normalized spacial score (nSPS) is 14.3. The van der Waals surface area contributed by atoms with Crippen LogP contribution in [0.1, 0.15) is 28.8 Å². The summed E-state index contributed by atoms with van der Waals surface area (Å²) in [5.74, 6) is 0.158. The van der Waals surface area contributed by atoms with E-state index in [0.717, 1.165) is 12.8 Å². The molecule has 1 aliphatic rings. The number of hydrogen-bond donors (Lipinski definition) is 1. The van der Waals surface area contributed by atoms with Gasteiger partial charge in [0.25, 0.3) is 5.91 Å². The van der Waals surface area contributed by atoms with Crippen molar-refractivity contribution in [3.8, 4) is 0 Å². The Kier molecular flexibility index (Phi) is 5.89. The first kappa shape index (κ1) is 18.0. The topological polar surface area (TPSA) is 66.6 Å². The second-order valence-electron chi connectivity index (χ2n) is 6.64. The van der Waals surface area contributed by atoms with Gasteiger partial charge in [-0.1, -0.05) is 36.4 Å². The Hall–Kier alpha value is -2.82. The van der Waals surface area contributed by atoms with Gasteiger partial charge < -0.3 is 15.5 Å². The lowest BCUT2D eigenvalue weighted by Gasteiger charge is -2.35. The maximum Gasteiger partial charge on any atom is 0.254 e. The van der Waals surface area contributed by atoms with Gasteiger partial charge in [-0.15, -0.1) is 0 Å². The van der Waals surface area contributed by atoms with Gasteiger partial charge in [-0.3, -0.25) is 9.59 Å². The summed E-state index contributed by atoms with van der Waals surface area (Å²) < 4.78 is 0. The van der Waals surface area contributed by atoms with Crippen molar-refractivity contribution in [1.29, 1.82) is 0 Å². The molecule has 2 aromatic carbocycles. The number of amides is 2. The molecule has 0 atom stereocenters. The Balaban J connectivity index is 1.44. The van der Waals surface area contributed by atoms with Crippen molar-refractivity contribution in [3.63, 3.8) is 0 Å². The third-order valence-electron chi connectivity index (χ3n) is 4.75. The van der Waals surface area contributed by atoms with Gasteiger partial charge in [-0.05, 0) is 36.6 Å². The van der Waals surface area contributed by atoms with Crippen LogP contribution in [0.5, 0.6) is 0 Å². The number of hydrogen-bond acceptors (Lipinski definition) is 3. The molecule has 0 aromatic heterocycles. The third kappa shape index (κ3) is 4.63. The zero-order chi connectivity index (χ0) is 18.4. The molecule has 1 heterocycles. The number of piperazine rings is 1. The zero-order valence-corrected chi connectivity index (χ0v) is 14.9. The largest absolute Gasteiger partial charge is 0.399 e. The van der Waals surface area contributed by atoms with Crippen LogP contribution >= 0.6 is 0 Å². The molecule has 26 heavy (non-hydrogen) atoms. The SMILES string of the molecule is Nc1cccc(C(=O)N2CCN(C(=O)CCCc3ccccc3)CC2)c1. The van der Waals surface area contributed by atoms with E-state index >= 15 is 0 Å². The third-order valence-corrected chi connectivity index (χ3v) is 4.75.